The van der Waals surface area contributed by atoms with Gasteiger partial charge in [0.25, 0.3) is 0 Å². The third-order valence-electron chi connectivity index (χ3n) is 2.98. The van der Waals surface area contributed by atoms with E-state index < -0.39 is 0 Å². The molecular weight excluding hydrogens is 274 g/mol. The molecule has 2 aromatic rings. The van der Waals surface area contributed by atoms with Crippen LogP contribution in [0.3, 0.4) is 0 Å². The smallest absolute Gasteiger partial charge is 0.214 e. The van der Waals surface area contributed by atoms with Gasteiger partial charge < -0.3 is 9.47 Å². The van der Waals surface area contributed by atoms with E-state index in [0.29, 0.717) is 18.4 Å². The van der Waals surface area contributed by atoms with Crippen LogP contribution in [0.2, 0.25) is 0 Å². The van der Waals surface area contributed by atoms with Crippen molar-refractivity contribution in [2.24, 2.45) is 0 Å². The first-order chi connectivity index (χ1) is 9.75. The highest BCUT2D eigenvalue weighted by Crippen LogP contribution is 2.17. The molecule has 1 heterocycles. The number of hydrogen-bond donors (Lipinski definition) is 0. The van der Waals surface area contributed by atoms with E-state index in [1.807, 2.05) is 36.4 Å². The van der Waals surface area contributed by atoms with Gasteiger partial charge in [-0.1, -0.05) is 19.1 Å². The van der Waals surface area contributed by atoms with E-state index in [9.17, 15) is 0 Å². The number of halogens is 1. The van der Waals surface area contributed by atoms with Crippen molar-refractivity contribution in [1.29, 1.82) is 0 Å². The standard InChI is InChI=1S/C16H18ClNO2/c1-3-14-8-13(10-17)9-16(18-14)20-11-12-4-6-15(19-2)7-5-12/h4-9H,3,10-11H2,1-2H3. The van der Waals surface area contributed by atoms with Crippen molar-refractivity contribution >= 4 is 11.6 Å². The molecule has 0 spiro atoms. The number of hydrogen-bond acceptors (Lipinski definition) is 3. The molecule has 0 aliphatic rings. The van der Waals surface area contributed by atoms with E-state index in [-0.39, 0.29) is 0 Å². The molecule has 0 saturated carbocycles. The minimum absolute atomic E-state index is 0.467. The van der Waals surface area contributed by atoms with Crippen molar-refractivity contribution < 1.29 is 9.47 Å². The normalized spacial score (nSPS) is 10.3. The van der Waals surface area contributed by atoms with Crippen LogP contribution in [0, 0.1) is 0 Å². The Morgan fingerprint density at radius 2 is 1.85 bits per heavy atom. The fraction of sp³-hybridized carbons (Fsp3) is 0.312. The van der Waals surface area contributed by atoms with Crippen LogP contribution in [0.4, 0.5) is 0 Å². The Morgan fingerprint density at radius 3 is 2.45 bits per heavy atom. The van der Waals surface area contributed by atoms with Crippen LogP contribution in [0.25, 0.3) is 0 Å². The van der Waals surface area contributed by atoms with Crippen LogP contribution in [-0.4, -0.2) is 12.1 Å². The van der Waals surface area contributed by atoms with E-state index in [1.165, 1.54) is 0 Å². The van der Waals surface area contributed by atoms with Gasteiger partial charge in [-0.3, -0.25) is 0 Å². The van der Waals surface area contributed by atoms with Gasteiger partial charge in [0.05, 0.1) is 7.11 Å². The summed E-state index contributed by atoms with van der Waals surface area (Å²) in [6, 6.07) is 11.7. The van der Waals surface area contributed by atoms with Gasteiger partial charge in [-0.05, 0) is 35.7 Å². The summed E-state index contributed by atoms with van der Waals surface area (Å²) in [6.45, 7) is 2.54. The molecule has 0 fully saturated rings. The average molecular weight is 292 g/mol. The summed E-state index contributed by atoms with van der Waals surface area (Å²) in [4.78, 5) is 4.44. The predicted molar refractivity (Wildman–Crippen MR) is 80.5 cm³/mol. The lowest BCUT2D eigenvalue weighted by Crippen LogP contribution is -2.00. The Bertz CT molecular complexity index is 533. The molecule has 20 heavy (non-hydrogen) atoms. The summed E-state index contributed by atoms with van der Waals surface area (Å²) < 4.78 is 10.9. The van der Waals surface area contributed by atoms with E-state index in [0.717, 1.165) is 29.0 Å². The Balaban J connectivity index is 2.05. The number of methoxy groups -OCH3 is 1. The van der Waals surface area contributed by atoms with Crippen molar-refractivity contribution in [3.63, 3.8) is 0 Å². The van der Waals surface area contributed by atoms with Crippen LogP contribution < -0.4 is 9.47 Å². The number of aromatic nitrogens is 1. The van der Waals surface area contributed by atoms with Crippen LogP contribution in [0.5, 0.6) is 11.6 Å². The molecule has 0 saturated heterocycles. The van der Waals surface area contributed by atoms with Crippen molar-refractivity contribution in [3.05, 3.63) is 53.2 Å². The third-order valence-corrected chi connectivity index (χ3v) is 3.29. The molecular formula is C16H18ClNO2. The number of alkyl halides is 1. The summed E-state index contributed by atoms with van der Waals surface area (Å²) in [7, 11) is 1.65. The quantitative estimate of drug-likeness (QED) is 0.755. The molecule has 0 atom stereocenters. The van der Waals surface area contributed by atoms with Crippen LogP contribution >= 0.6 is 11.6 Å². The lowest BCUT2D eigenvalue weighted by molar-refractivity contribution is 0.292. The van der Waals surface area contributed by atoms with Crippen molar-refractivity contribution in [2.45, 2.75) is 25.8 Å². The maximum Gasteiger partial charge on any atom is 0.214 e. The highest BCUT2D eigenvalue weighted by molar-refractivity contribution is 6.17. The fourth-order valence-corrected chi connectivity index (χ4v) is 1.99. The zero-order chi connectivity index (χ0) is 14.4. The maximum absolute atomic E-state index is 5.88. The van der Waals surface area contributed by atoms with Gasteiger partial charge in [0.15, 0.2) is 0 Å². The summed E-state index contributed by atoms with van der Waals surface area (Å²) in [5, 5.41) is 0. The molecule has 0 amide bonds. The van der Waals surface area contributed by atoms with Crippen molar-refractivity contribution in [1.82, 2.24) is 4.98 Å². The van der Waals surface area contributed by atoms with Gasteiger partial charge in [0.2, 0.25) is 5.88 Å². The summed E-state index contributed by atoms with van der Waals surface area (Å²) >= 11 is 5.88. The number of pyridine rings is 1. The molecule has 0 bridgehead atoms. The second-order valence-electron chi connectivity index (χ2n) is 4.43. The number of ether oxygens (including phenoxy) is 2. The zero-order valence-electron chi connectivity index (χ0n) is 11.7. The second kappa shape index (κ2) is 7.15. The molecule has 1 aromatic carbocycles. The van der Waals surface area contributed by atoms with Gasteiger partial charge in [0.1, 0.15) is 12.4 Å². The van der Waals surface area contributed by atoms with Gasteiger partial charge in [0, 0.05) is 17.6 Å². The molecule has 2 rings (SSSR count). The van der Waals surface area contributed by atoms with Crippen LogP contribution in [0.15, 0.2) is 36.4 Å². The topological polar surface area (TPSA) is 31.4 Å². The van der Waals surface area contributed by atoms with E-state index in [2.05, 4.69) is 11.9 Å². The third kappa shape index (κ3) is 3.87. The largest absolute Gasteiger partial charge is 0.497 e. The first-order valence-electron chi connectivity index (χ1n) is 6.56. The Labute approximate surface area is 124 Å². The van der Waals surface area contributed by atoms with E-state index >= 15 is 0 Å². The SMILES string of the molecule is CCc1cc(CCl)cc(OCc2ccc(OC)cc2)n1. The average Bonchev–Trinajstić information content (AvgIpc) is 2.53. The molecule has 1 aromatic heterocycles. The lowest BCUT2D eigenvalue weighted by Gasteiger charge is -2.09. The van der Waals surface area contributed by atoms with E-state index in [4.69, 9.17) is 21.1 Å². The zero-order valence-corrected chi connectivity index (χ0v) is 12.5. The molecule has 0 aliphatic carbocycles. The molecule has 0 N–H and O–H groups in total. The van der Waals surface area contributed by atoms with Crippen LogP contribution in [-0.2, 0) is 18.9 Å². The minimum Gasteiger partial charge on any atom is -0.497 e. The van der Waals surface area contributed by atoms with Gasteiger partial charge >= 0.3 is 0 Å². The Hall–Kier alpha value is -1.74. The van der Waals surface area contributed by atoms with E-state index in [1.54, 1.807) is 7.11 Å². The van der Waals surface area contributed by atoms with Crippen molar-refractivity contribution in [3.8, 4) is 11.6 Å². The summed E-state index contributed by atoms with van der Waals surface area (Å²) in [5.74, 6) is 1.93. The molecule has 0 radical (unpaired) electrons. The number of benzene rings is 1. The monoisotopic (exact) mass is 291 g/mol. The fourth-order valence-electron chi connectivity index (χ4n) is 1.83. The molecule has 106 valence electrons. The van der Waals surface area contributed by atoms with Gasteiger partial charge in [-0.15, -0.1) is 11.6 Å². The predicted octanol–water partition coefficient (Wildman–Crippen LogP) is 3.97. The number of nitrogens with zero attached hydrogens (tertiary/aromatic N) is 1. The summed E-state index contributed by atoms with van der Waals surface area (Å²) in [6.07, 6.45) is 0.865. The van der Waals surface area contributed by atoms with Crippen LogP contribution in [0.1, 0.15) is 23.7 Å². The van der Waals surface area contributed by atoms with Gasteiger partial charge in [-0.25, -0.2) is 4.98 Å². The molecule has 0 unspecified atom stereocenters. The Kier molecular flexibility index (Phi) is 5.24. The second-order valence-corrected chi connectivity index (χ2v) is 4.70. The minimum atomic E-state index is 0.467. The Morgan fingerprint density at radius 1 is 1.10 bits per heavy atom. The lowest BCUT2D eigenvalue weighted by atomic mass is 10.2. The number of rotatable bonds is 6. The molecule has 3 nitrogen and oxygen atoms in total. The first-order valence-corrected chi connectivity index (χ1v) is 7.10. The number of aryl methyl sites for hydroxylation is 1. The first kappa shape index (κ1) is 14.7. The maximum atomic E-state index is 5.88. The highest BCUT2D eigenvalue weighted by atomic mass is 35.5. The molecule has 0 aliphatic heterocycles. The molecule has 4 heteroatoms. The summed E-state index contributed by atoms with van der Waals surface area (Å²) in [5.41, 5.74) is 3.10. The van der Waals surface area contributed by atoms with Gasteiger partial charge in [-0.2, -0.15) is 0 Å². The van der Waals surface area contributed by atoms with Crippen molar-refractivity contribution in [2.75, 3.05) is 7.11 Å². The highest BCUT2D eigenvalue weighted by Gasteiger charge is 2.03.